The molecular weight excluding hydrogens is 404 g/mol. The van der Waals surface area contributed by atoms with Crippen molar-refractivity contribution >= 4 is 22.2 Å². The van der Waals surface area contributed by atoms with Crippen LogP contribution < -0.4 is 4.90 Å². The summed E-state index contributed by atoms with van der Waals surface area (Å²) in [6.07, 6.45) is 8.47. The SMILES string of the molecule is O=C1Cc2ccc(N3CCCN(CC4(Cc5ccccc5)CCCC4)CC3)c3cccc1c23. The Balaban J connectivity index is 1.20. The van der Waals surface area contributed by atoms with Crippen molar-refractivity contribution in [2.75, 3.05) is 37.6 Å². The number of Topliss-reactive ketones (excluding diaryl/α,β-unsaturated/α-hetero) is 1. The molecule has 6 rings (SSSR count). The third-order valence-corrected chi connectivity index (χ3v) is 8.33. The van der Waals surface area contributed by atoms with Crippen molar-refractivity contribution in [3.05, 3.63) is 77.4 Å². The van der Waals surface area contributed by atoms with E-state index in [1.807, 2.05) is 6.07 Å². The van der Waals surface area contributed by atoms with Gasteiger partial charge in [-0.2, -0.15) is 0 Å². The van der Waals surface area contributed by atoms with Crippen LogP contribution in [0, 0.1) is 5.41 Å². The van der Waals surface area contributed by atoms with Gasteiger partial charge in [0, 0.05) is 49.2 Å². The molecule has 0 amide bonds. The van der Waals surface area contributed by atoms with Crippen molar-refractivity contribution in [3.8, 4) is 0 Å². The highest BCUT2D eigenvalue weighted by molar-refractivity contribution is 6.17. The van der Waals surface area contributed by atoms with Crippen LogP contribution in [0.1, 0.15) is 53.6 Å². The molecule has 0 aromatic heterocycles. The van der Waals surface area contributed by atoms with Crippen molar-refractivity contribution < 1.29 is 4.79 Å². The fourth-order valence-corrected chi connectivity index (χ4v) is 6.78. The highest BCUT2D eigenvalue weighted by atomic mass is 16.1. The molecular formula is C30H34N2O. The van der Waals surface area contributed by atoms with E-state index in [4.69, 9.17) is 0 Å². The fourth-order valence-electron chi connectivity index (χ4n) is 6.78. The lowest BCUT2D eigenvalue weighted by Gasteiger charge is -2.35. The van der Waals surface area contributed by atoms with Crippen LogP contribution in [0.25, 0.3) is 10.8 Å². The zero-order valence-corrected chi connectivity index (χ0v) is 19.6. The molecule has 3 aromatic carbocycles. The van der Waals surface area contributed by atoms with E-state index in [0.717, 1.165) is 25.2 Å². The van der Waals surface area contributed by atoms with Gasteiger partial charge in [0.15, 0.2) is 5.78 Å². The lowest BCUT2D eigenvalue weighted by atomic mass is 9.79. The smallest absolute Gasteiger partial charge is 0.167 e. The van der Waals surface area contributed by atoms with E-state index in [-0.39, 0.29) is 5.78 Å². The van der Waals surface area contributed by atoms with Crippen LogP contribution in [-0.2, 0) is 12.8 Å². The van der Waals surface area contributed by atoms with E-state index in [0.29, 0.717) is 11.8 Å². The van der Waals surface area contributed by atoms with Gasteiger partial charge < -0.3 is 9.80 Å². The summed E-state index contributed by atoms with van der Waals surface area (Å²) < 4.78 is 0. The topological polar surface area (TPSA) is 23.6 Å². The monoisotopic (exact) mass is 438 g/mol. The zero-order valence-electron chi connectivity index (χ0n) is 19.6. The summed E-state index contributed by atoms with van der Waals surface area (Å²) >= 11 is 0. The summed E-state index contributed by atoms with van der Waals surface area (Å²) in [5.74, 6) is 0.273. The third-order valence-electron chi connectivity index (χ3n) is 8.33. The van der Waals surface area contributed by atoms with Crippen LogP contribution in [0.4, 0.5) is 5.69 Å². The molecule has 1 heterocycles. The Hall–Kier alpha value is -2.65. The van der Waals surface area contributed by atoms with Crippen molar-refractivity contribution in [2.45, 2.75) is 44.9 Å². The van der Waals surface area contributed by atoms with E-state index < -0.39 is 0 Å². The maximum atomic E-state index is 12.4. The molecule has 3 heteroatoms. The number of carbonyl (C=O) groups is 1. The maximum absolute atomic E-state index is 12.4. The highest BCUT2D eigenvalue weighted by Crippen LogP contribution is 2.42. The number of anilines is 1. The number of nitrogens with zero attached hydrogens (tertiary/aromatic N) is 2. The standard InChI is InChI=1S/C30H34N2O/c33-28-20-24-12-13-27(25-10-6-11-26(28)29(24)25)32-17-7-16-31(18-19-32)22-30(14-4-5-15-30)21-23-8-2-1-3-9-23/h1-3,6,8-13H,4-5,7,14-22H2. The number of hydrogen-bond acceptors (Lipinski definition) is 3. The summed E-state index contributed by atoms with van der Waals surface area (Å²) in [7, 11) is 0. The van der Waals surface area contributed by atoms with Gasteiger partial charge in [0.05, 0.1) is 0 Å². The molecule has 0 N–H and O–H groups in total. The summed E-state index contributed by atoms with van der Waals surface area (Å²) in [5.41, 5.74) is 5.38. The van der Waals surface area contributed by atoms with Crippen LogP contribution in [0.5, 0.6) is 0 Å². The maximum Gasteiger partial charge on any atom is 0.167 e. The second-order valence-electron chi connectivity index (χ2n) is 10.6. The molecule has 2 aliphatic carbocycles. The largest absolute Gasteiger partial charge is 0.370 e. The van der Waals surface area contributed by atoms with E-state index in [9.17, 15) is 4.79 Å². The lowest BCUT2D eigenvalue weighted by Crippen LogP contribution is -2.40. The number of ketones is 1. The number of benzene rings is 3. The van der Waals surface area contributed by atoms with E-state index >= 15 is 0 Å². The molecule has 33 heavy (non-hydrogen) atoms. The van der Waals surface area contributed by atoms with Crippen molar-refractivity contribution in [2.24, 2.45) is 5.41 Å². The summed E-state index contributed by atoms with van der Waals surface area (Å²) in [5, 5.41) is 2.47. The summed E-state index contributed by atoms with van der Waals surface area (Å²) in [4.78, 5) is 17.8. The zero-order chi connectivity index (χ0) is 22.3. The molecule has 3 nitrogen and oxygen atoms in total. The van der Waals surface area contributed by atoms with E-state index in [1.165, 1.54) is 79.2 Å². The number of carbonyl (C=O) groups excluding carboxylic acids is 1. The van der Waals surface area contributed by atoms with E-state index in [1.54, 1.807) is 0 Å². The van der Waals surface area contributed by atoms with Crippen LogP contribution in [0.3, 0.4) is 0 Å². The van der Waals surface area contributed by atoms with Gasteiger partial charge in [0.1, 0.15) is 0 Å². The molecule has 2 fully saturated rings. The van der Waals surface area contributed by atoms with Gasteiger partial charge in [0.25, 0.3) is 0 Å². The first-order chi connectivity index (χ1) is 16.2. The van der Waals surface area contributed by atoms with Gasteiger partial charge in [-0.25, -0.2) is 0 Å². The second-order valence-corrected chi connectivity index (χ2v) is 10.6. The molecule has 1 aliphatic heterocycles. The first kappa shape index (κ1) is 20.9. The van der Waals surface area contributed by atoms with Crippen LogP contribution >= 0.6 is 0 Å². The Labute approximate surface area is 197 Å². The Kier molecular flexibility index (Phi) is 5.46. The van der Waals surface area contributed by atoms with Crippen molar-refractivity contribution in [1.29, 1.82) is 0 Å². The molecule has 0 radical (unpaired) electrons. The van der Waals surface area contributed by atoms with Gasteiger partial charge in [0.2, 0.25) is 0 Å². The molecule has 0 unspecified atom stereocenters. The summed E-state index contributed by atoms with van der Waals surface area (Å²) in [6.45, 7) is 5.70. The van der Waals surface area contributed by atoms with Crippen LogP contribution in [0.15, 0.2) is 60.7 Å². The fraction of sp³-hybridized carbons (Fsp3) is 0.433. The molecule has 1 saturated carbocycles. The van der Waals surface area contributed by atoms with Gasteiger partial charge >= 0.3 is 0 Å². The first-order valence-corrected chi connectivity index (χ1v) is 12.8. The minimum absolute atomic E-state index is 0.273. The summed E-state index contributed by atoms with van der Waals surface area (Å²) in [6, 6.07) is 21.9. The third kappa shape index (κ3) is 3.97. The molecule has 1 saturated heterocycles. The first-order valence-electron chi connectivity index (χ1n) is 12.8. The molecule has 170 valence electrons. The van der Waals surface area contributed by atoms with Crippen molar-refractivity contribution in [3.63, 3.8) is 0 Å². The van der Waals surface area contributed by atoms with Crippen LogP contribution in [-0.4, -0.2) is 43.4 Å². The predicted octanol–water partition coefficient (Wildman–Crippen LogP) is 5.89. The van der Waals surface area contributed by atoms with Gasteiger partial charge in [-0.05, 0) is 60.2 Å². The second kappa shape index (κ2) is 8.61. The van der Waals surface area contributed by atoms with Gasteiger partial charge in [-0.1, -0.05) is 67.4 Å². The predicted molar refractivity (Wildman–Crippen MR) is 136 cm³/mol. The van der Waals surface area contributed by atoms with E-state index in [2.05, 4.69) is 64.4 Å². The average Bonchev–Trinajstić information content (AvgIpc) is 3.34. The lowest BCUT2D eigenvalue weighted by molar-refractivity contribution is 0.1000. The molecule has 0 atom stereocenters. The minimum Gasteiger partial charge on any atom is -0.370 e. The normalized spacial score (nSPS) is 20.5. The quantitative estimate of drug-likeness (QED) is 0.496. The van der Waals surface area contributed by atoms with Crippen molar-refractivity contribution in [1.82, 2.24) is 4.90 Å². The highest BCUT2D eigenvalue weighted by Gasteiger charge is 2.36. The van der Waals surface area contributed by atoms with Gasteiger partial charge in [-0.3, -0.25) is 4.79 Å². The average molecular weight is 439 g/mol. The van der Waals surface area contributed by atoms with Crippen LogP contribution in [0.2, 0.25) is 0 Å². The Morgan fingerprint density at radius 1 is 0.788 bits per heavy atom. The Morgan fingerprint density at radius 3 is 2.48 bits per heavy atom. The Morgan fingerprint density at radius 2 is 1.64 bits per heavy atom. The van der Waals surface area contributed by atoms with Gasteiger partial charge in [-0.15, -0.1) is 0 Å². The molecule has 0 bridgehead atoms. The Bertz CT molecular complexity index is 1160. The number of rotatable bonds is 5. The molecule has 3 aliphatic rings. The number of hydrogen-bond donors (Lipinski definition) is 0. The minimum atomic E-state index is 0.273. The molecule has 3 aromatic rings. The molecule has 0 spiro atoms.